The Morgan fingerprint density at radius 1 is 1.24 bits per heavy atom. The van der Waals surface area contributed by atoms with Crippen LogP contribution in [0.4, 0.5) is 18.9 Å². The van der Waals surface area contributed by atoms with Crippen molar-refractivity contribution in [2.45, 2.75) is 18.6 Å². The molecule has 0 radical (unpaired) electrons. The van der Waals surface area contributed by atoms with E-state index in [9.17, 15) is 18.0 Å². The summed E-state index contributed by atoms with van der Waals surface area (Å²) in [5.41, 5.74) is -0.352. The van der Waals surface area contributed by atoms with Crippen LogP contribution in [0.5, 0.6) is 0 Å². The van der Waals surface area contributed by atoms with Crippen molar-refractivity contribution in [2.75, 3.05) is 16.5 Å². The molecule has 3 nitrogen and oxygen atoms in total. The van der Waals surface area contributed by atoms with Gasteiger partial charge in [0.05, 0.1) is 17.1 Å². The van der Waals surface area contributed by atoms with E-state index in [2.05, 4.69) is 0 Å². The molecule has 2 saturated heterocycles. The van der Waals surface area contributed by atoms with Crippen LogP contribution in [0.15, 0.2) is 24.3 Å². The van der Waals surface area contributed by atoms with Gasteiger partial charge < -0.3 is 4.90 Å². The Morgan fingerprint density at radius 2 is 1.90 bits per heavy atom. The Hall–Kier alpha value is -1.28. The molecule has 8 heteroatoms. The second-order valence-corrected chi connectivity index (χ2v) is 6.25. The van der Waals surface area contributed by atoms with E-state index < -0.39 is 11.7 Å². The van der Waals surface area contributed by atoms with Crippen LogP contribution in [-0.4, -0.2) is 33.6 Å². The lowest BCUT2D eigenvalue weighted by Crippen LogP contribution is -2.38. The second kappa shape index (κ2) is 5.17. The van der Waals surface area contributed by atoms with Gasteiger partial charge in [0.15, 0.2) is 5.11 Å². The van der Waals surface area contributed by atoms with Gasteiger partial charge in [-0.25, -0.2) is 0 Å². The van der Waals surface area contributed by atoms with Gasteiger partial charge in [-0.3, -0.25) is 9.69 Å². The summed E-state index contributed by atoms with van der Waals surface area (Å²) in [7, 11) is 0. The van der Waals surface area contributed by atoms with Gasteiger partial charge in [-0.2, -0.15) is 13.2 Å². The smallest absolute Gasteiger partial charge is 0.327 e. The van der Waals surface area contributed by atoms with E-state index in [1.165, 1.54) is 17.0 Å². The normalized spacial score (nSPS) is 22.7. The number of amides is 1. The molecule has 1 aromatic rings. The van der Waals surface area contributed by atoms with E-state index in [0.717, 1.165) is 17.9 Å². The van der Waals surface area contributed by atoms with Gasteiger partial charge in [0.2, 0.25) is 0 Å². The zero-order valence-corrected chi connectivity index (χ0v) is 12.4. The summed E-state index contributed by atoms with van der Waals surface area (Å²) in [6.45, 7) is 0. The lowest BCUT2D eigenvalue weighted by molar-refractivity contribution is -0.137. The quantitative estimate of drug-likeness (QED) is 0.738. The van der Waals surface area contributed by atoms with Crippen LogP contribution in [0.1, 0.15) is 12.0 Å². The highest BCUT2D eigenvalue weighted by molar-refractivity contribution is 7.99. The molecular formula is C13H11F3N2OS2. The van der Waals surface area contributed by atoms with E-state index in [0.29, 0.717) is 23.1 Å². The van der Waals surface area contributed by atoms with Gasteiger partial charge in [0.1, 0.15) is 6.04 Å². The molecule has 1 aromatic carbocycles. The van der Waals surface area contributed by atoms with Crippen molar-refractivity contribution in [3.05, 3.63) is 29.8 Å². The Labute approximate surface area is 129 Å². The van der Waals surface area contributed by atoms with Crippen molar-refractivity contribution in [3.8, 4) is 0 Å². The summed E-state index contributed by atoms with van der Waals surface area (Å²) in [5.74, 6) is 1.38. The average Bonchev–Trinajstić information content (AvgIpc) is 2.71. The number of alkyl halides is 3. The fourth-order valence-electron chi connectivity index (χ4n) is 2.46. The molecule has 2 fully saturated rings. The van der Waals surface area contributed by atoms with Crippen molar-refractivity contribution >= 4 is 40.7 Å². The third-order valence-electron chi connectivity index (χ3n) is 3.54. The number of anilines is 1. The highest BCUT2D eigenvalue weighted by Crippen LogP contribution is 2.34. The van der Waals surface area contributed by atoms with E-state index in [-0.39, 0.29) is 11.9 Å². The molecular weight excluding hydrogens is 321 g/mol. The number of benzene rings is 1. The molecule has 0 aromatic heterocycles. The SMILES string of the molecule is O=C1C2CCSCN2C(=S)N1c1ccc(C(F)(F)F)cc1. The molecule has 0 N–H and O–H groups in total. The number of hydrogen-bond acceptors (Lipinski definition) is 3. The number of carbonyl (C=O) groups excluding carboxylic acids is 1. The summed E-state index contributed by atoms with van der Waals surface area (Å²) in [5, 5.41) is 0.372. The number of hydrogen-bond donors (Lipinski definition) is 0. The average molecular weight is 332 g/mol. The number of fused-ring (bicyclic) bond motifs is 1. The maximum atomic E-state index is 12.6. The zero-order chi connectivity index (χ0) is 15.2. The predicted octanol–water partition coefficient (Wildman–Crippen LogP) is 3.10. The molecule has 112 valence electrons. The largest absolute Gasteiger partial charge is 0.416 e. The van der Waals surface area contributed by atoms with Gasteiger partial charge in [0.25, 0.3) is 5.91 Å². The molecule has 1 amide bonds. The van der Waals surface area contributed by atoms with Crippen LogP contribution in [0.25, 0.3) is 0 Å². The van der Waals surface area contributed by atoms with E-state index in [1.807, 2.05) is 4.90 Å². The number of thioether (sulfide) groups is 1. The van der Waals surface area contributed by atoms with E-state index in [4.69, 9.17) is 12.2 Å². The third-order valence-corrected chi connectivity index (χ3v) is 4.94. The summed E-state index contributed by atoms with van der Waals surface area (Å²) in [6.07, 6.45) is -3.68. The predicted molar refractivity (Wildman–Crippen MR) is 79.1 cm³/mol. The molecule has 1 unspecified atom stereocenters. The van der Waals surface area contributed by atoms with Gasteiger partial charge >= 0.3 is 6.18 Å². The number of nitrogens with zero attached hydrogens (tertiary/aromatic N) is 2. The first-order valence-corrected chi connectivity index (χ1v) is 7.85. The first-order chi connectivity index (χ1) is 9.89. The van der Waals surface area contributed by atoms with Gasteiger partial charge in [0, 0.05) is 0 Å². The molecule has 0 saturated carbocycles. The first-order valence-electron chi connectivity index (χ1n) is 6.29. The van der Waals surface area contributed by atoms with Crippen molar-refractivity contribution < 1.29 is 18.0 Å². The highest BCUT2D eigenvalue weighted by Gasteiger charge is 2.44. The molecule has 2 heterocycles. The lowest BCUT2D eigenvalue weighted by atomic mass is 10.1. The van der Waals surface area contributed by atoms with Gasteiger partial charge in [-0.1, -0.05) is 0 Å². The summed E-state index contributed by atoms with van der Waals surface area (Å²) in [6, 6.07) is 4.24. The Morgan fingerprint density at radius 3 is 2.48 bits per heavy atom. The third kappa shape index (κ3) is 2.50. The molecule has 0 aliphatic carbocycles. The molecule has 2 aliphatic rings. The monoisotopic (exact) mass is 332 g/mol. The van der Waals surface area contributed by atoms with Crippen molar-refractivity contribution in [3.63, 3.8) is 0 Å². The molecule has 1 atom stereocenters. The minimum Gasteiger partial charge on any atom is -0.327 e. The van der Waals surface area contributed by atoms with Crippen molar-refractivity contribution in [1.29, 1.82) is 0 Å². The zero-order valence-electron chi connectivity index (χ0n) is 10.8. The topological polar surface area (TPSA) is 23.6 Å². The Bertz CT molecular complexity index is 564. The standard InChI is InChI=1S/C13H11F3N2OS2/c14-13(15,16)8-1-3-9(4-2-8)18-11(19)10-5-6-21-7-17(10)12(18)20/h1-4,10H,5-7H2. The molecule has 0 bridgehead atoms. The van der Waals surface area contributed by atoms with Crippen molar-refractivity contribution in [1.82, 2.24) is 4.90 Å². The summed E-state index contributed by atoms with van der Waals surface area (Å²) < 4.78 is 37.7. The molecule has 3 rings (SSSR count). The Balaban J connectivity index is 1.90. The maximum absolute atomic E-state index is 12.6. The van der Waals surface area contributed by atoms with Crippen LogP contribution in [0, 0.1) is 0 Å². The van der Waals surface area contributed by atoms with E-state index in [1.54, 1.807) is 11.8 Å². The molecule has 21 heavy (non-hydrogen) atoms. The number of carbonyl (C=O) groups is 1. The molecule has 0 spiro atoms. The fourth-order valence-corrected chi connectivity index (χ4v) is 3.94. The maximum Gasteiger partial charge on any atom is 0.416 e. The van der Waals surface area contributed by atoms with Crippen LogP contribution >= 0.6 is 24.0 Å². The van der Waals surface area contributed by atoms with Crippen LogP contribution < -0.4 is 4.90 Å². The number of thiocarbonyl (C=S) groups is 1. The summed E-state index contributed by atoms with van der Waals surface area (Å²) >= 11 is 6.99. The highest BCUT2D eigenvalue weighted by atomic mass is 32.2. The Kier molecular flexibility index (Phi) is 3.61. The van der Waals surface area contributed by atoms with Gasteiger partial charge in [-0.15, -0.1) is 11.8 Å². The minimum absolute atomic E-state index is 0.153. The first kappa shape index (κ1) is 14.6. The van der Waals surface area contributed by atoms with E-state index >= 15 is 0 Å². The van der Waals surface area contributed by atoms with Crippen LogP contribution in [-0.2, 0) is 11.0 Å². The summed E-state index contributed by atoms with van der Waals surface area (Å²) in [4.78, 5) is 15.6. The fraction of sp³-hybridized carbons (Fsp3) is 0.385. The second-order valence-electron chi connectivity index (χ2n) is 4.81. The minimum atomic E-state index is -4.39. The van der Waals surface area contributed by atoms with Crippen molar-refractivity contribution in [2.24, 2.45) is 0 Å². The van der Waals surface area contributed by atoms with Crippen LogP contribution in [0.2, 0.25) is 0 Å². The van der Waals surface area contributed by atoms with Gasteiger partial charge in [-0.05, 0) is 48.7 Å². The number of rotatable bonds is 1. The van der Waals surface area contributed by atoms with Crippen LogP contribution in [0.3, 0.4) is 0 Å². The molecule has 2 aliphatic heterocycles. The lowest BCUT2D eigenvalue weighted by Gasteiger charge is -2.27. The number of halogens is 3.